The van der Waals surface area contributed by atoms with E-state index < -0.39 is 22.1 Å². The molecule has 1 atom stereocenters. The summed E-state index contributed by atoms with van der Waals surface area (Å²) in [6.45, 7) is 1.82. The Balaban J connectivity index is 1.88. The second-order valence-electron chi connectivity index (χ2n) is 7.00. The number of para-hydroxylation sites is 1. The molecular formula is C22H24N2O6S. The van der Waals surface area contributed by atoms with Crippen LogP contribution in [0.2, 0.25) is 0 Å². The van der Waals surface area contributed by atoms with E-state index in [0.29, 0.717) is 34.3 Å². The molecule has 0 aliphatic heterocycles. The highest BCUT2D eigenvalue weighted by Crippen LogP contribution is 2.25. The number of carbonyl (C=O) groups excluding carboxylic acids is 2. The van der Waals surface area contributed by atoms with Crippen molar-refractivity contribution in [2.75, 3.05) is 24.7 Å². The molecule has 8 nitrogen and oxygen atoms in total. The minimum Gasteiger partial charge on any atom is -0.481 e. The predicted octanol–water partition coefficient (Wildman–Crippen LogP) is 3.32. The molecule has 164 valence electrons. The Bertz CT molecular complexity index is 1210. The lowest BCUT2D eigenvalue weighted by atomic mass is 10.2. The average Bonchev–Trinajstić information content (AvgIpc) is 3.15. The number of ether oxygens (including phenoxy) is 2. The molecule has 1 heterocycles. The Labute approximate surface area is 181 Å². The Morgan fingerprint density at radius 2 is 1.74 bits per heavy atom. The van der Waals surface area contributed by atoms with E-state index in [1.807, 2.05) is 6.92 Å². The Kier molecular flexibility index (Phi) is 6.35. The molecule has 0 fully saturated rings. The molecule has 0 bridgehead atoms. The maximum atomic E-state index is 13.2. The van der Waals surface area contributed by atoms with Gasteiger partial charge < -0.3 is 9.47 Å². The second kappa shape index (κ2) is 8.81. The van der Waals surface area contributed by atoms with Gasteiger partial charge in [-0.05, 0) is 36.8 Å². The maximum Gasteiger partial charge on any atom is 0.340 e. The number of hydrogen-bond donors (Lipinski definition) is 0. The van der Waals surface area contributed by atoms with E-state index in [0.717, 1.165) is 10.6 Å². The smallest absolute Gasteiger partial charge is 0.340 e. The van der Waals surface area contributed by atoms with E-state index in [4.69, 9.17) is 9.47 Å². The standard InChI is InChI=1S/C22H24N2O6S/c1-5-20(30-16-12-10-15(11-13-16)23(2)31(4,27)28)21(25)24-14-18(22(26)29-3)17-8-6-7-9-19(17)24/h6-14,20H,5H2,1-4H3/t20-/m0/s1. The van der Waals surface area contributed by atoms with Gasteiger partial charge in [0.25, 0.3) is 5.91 Å². The molecule has 0 aliphatic carbocycles. The fourth-order valence-electron chi connectivity index (χ4n) is 3.19. The van der Waals surface area contributed by atoms with Crippen molar-refractivity contribution in [1.82, 2.24) is 4.57 Å². The summed E-state index contributed by atoms with van der Waals surface area (Å²) in [6, 6.07) is 13.5. The van der Waals surface area contributed by atoms with Gasteiger partial charge in [0, 0.05) is 18.6 Å². The summed E-state index contributed by atoms with van der Waals surface area (Å²) in [5.74, 6) is -0.427. The van der Waals surface area contributed by atoms with Crippen molar-refractivity contribution in [3.63, 3.8) is 0 Å². The van der Waals surface area contributed by atoms with Crippen molar-refractivity contribution in [2.24, 2.45) is 0 Å². The van der Waals surface area contributed by atoms with Crippen molar-refractivity contribution in [1.29, 1.82) is 0 Å². The molecule has 31 heavy (non-hydrogen) atoms. The summed E-state index contributed by atoms with van der Waals surface area (Å²) in [5, 5.41) is 0.616. The maximum absolute atomic E-state index is 13.2. The average molecular weight is 445 g/mol. The van der Waals surface area contributed by atoms with Crippen LogP contribution in [0.15, 0.2) is 54.7 Å². The number of anilines is 1. The number of rotatable bonds is 7. The zero-order valence-electron chi connectivity index (χ0n) is 17.7. The van der Waals surface area contributed by atoms with Crippen LogP contribution in [0.25, 0.3) is 10.9 Å². The highest BCUT2D eigenvalue weighted by Gasteiger charge is 2.25. The van der Waals surface area contributed by atoms with E-state index in [1.165, 1.54) is 24.9 Å². The molecule has 3 aromatic rings. The Morgan fingerprint density at radius 3 is 2.32 bits per heavy atom. The van der Waals surface area contributed by atoms with Crippen LogP contribution in [0.1, 0.15) is 28.5 Å². The molecule has 0 spiro atoms. The second-order valence-corrected chi connectivity index (χ2v) is 9.01. The van der Waals surface area contributed by atoms with Gasteiger partial charge in [-0.15, -0.1) is 0 Å². The molecule has 0 N–H and O–H groups in total. The summed E-state index contributed by atoms with van der Waals surface area (Å²) < 4.78 is 36.6. The molecule has 0 saturated carbocycles. The van der Waals surface area contributed by atoms with Crippen LogP contribution in [0.4, 0.5) is 5.69 Å². The number of esters is 1. The molecule has 0 saturated heterocycles. The summed E-state index contributed by atoms with van der Waals surface area (Å²) in [6.07, 6.45) is 2.17. The van der Waals surface area contributed by atoms with Gasteiger partial charge in [0.2, 0.25) is 10.0 Å². The minimum absolute atomic E-state index is 0.300. The van der Waals surface area contributed by atoms with Crippen LogP contribution in [-0.2, 0) is 14.8 Å². The molecule has 1 aromatic heterocycles. The minimum atomic E-state index is -3.38. The van der Waals surface area contributed by atoms with Gasteiger partial charge in [0.05, 0.1) is 30.1 Å². The molecule has 0 amide bonds. The van der Waals surface area contributed by atoms with Gasteiger partial charge in [-0.1, -0.05) is 25.1 Å². The first-order valence-corrected chi connectivity index (χ1v) is 11.5. The SMILES string of the molecule is CC[C@H](Oc1ccc(N(C)S(C)(=O)=O)cc1)C(=O)n1cc(C(=O)OC)c2ccccc21. The highest BCUT2D eigenvalue weighted by molar-refractivity contribution is 7.92. The Hall–Kier alpha value is -3.33. The van der Waals surface area contributed by atoms with Crippen LogP contribution >= 0.6 is 0 Å². The molecular weight excluding hydrogens is 420 g/mol. The number of aromatic nitrogens is 1. The van der Waals surface area contributed by atoms with Crippen LogP contribution in [-0.4, -0.2) is 51.4 Å². The quantitative estimate of drug-likeness (QED) is 0.519. The number of benzene rings is 2. The molecule has 0 unspecified atom stereocenters. The zero-order chi connectivity index (χ0) is 22.8. The van der Waals surface area contributed by atoms with Crippen molar-refractivity contribution < 1.29 is 27.5 Å². The third-order valence-corrected chi connectivity index (χ3v) is 6.18. The molecule has 9 heteroatoms. The van der Waals surface area contributed by atoms with Crippen molar-refractivity contribution in [2.45, 2.75) is 19.4 Å². The van der Waals surface area contributed by atoms with Crippen molar-refractivity contribution in [3.8, 4) is 5.75 Å². The van der Waals surface area contributed by atoms with E-state index in [9.17, 15) is 18.0 Å². The molecule has 0 aliphatic rings. The van der Waals surface area contributed by atoms with Gasteiger partial charge in [0.15, 0.2) is 6.10 Å². The van der Waals surface area contributed by atoms with Crippen LogP contribution in [0.5, 0.6) is 5.75 Å². The summed E-state index contributed by atoms with van der Waals surface area (Å²) in [7, 11) is -0.628. The van der Waals surface area contributed by atoms with E-state index >= 15 is 0 Å². The lowest BCUT2D eigenvalue weighted by Crippen LogP contribution is -2.31. The predicted molar refractivity (Wildman–Crippen MR) is 118 cm³/mol. The number of carbonyl (C=O) groups is 2. The van der Waals surface area contributed by atoms with Crippen molar-refractivity contribution in [3.05, 3.63) is 60.3 Å². The third kappa shape index (κ3) is 4.56. The van der Waals surface area contributed by atoms with Gasteiger partial charge in [-0.25, -0.2) is 13.2 Å². The first-order valence-electron chi connectivity index (χ1n) is 9.60. The normalized spacial score (nSPS) is 12.4. The zero-order valence-corrected chi connectivity index (χ0v) is 18.5. The van der Waals surface area contributed by atoms with Gasteiger partial charge in [-0.3, -0.25) is 13.7 Å². The lowest BCUT2D eigenvalue weighted by Gasteiger charge is -2.19. The van der Waals surface area contributed by atoms with E-state index in [1.54, 1.807) is 48.5 Å². The van der Waals surface area contributed by atoms with Crippen molar-refractivity contribution >= 4 is 38.5 Å². The number of hydrogen-bond acceptors (Lipinski definition) is 6. The summed E-state index contributed by atoms with van der Waals surface area (Å²) >= 11 is 0. The molecule has 0 radical (unpaired) electrons. The number of nitrogens with zero attached hydrogens (tertiary/aromatic N) is 2. The number of methoxy groups -OCH3 is 1. The fraction of sp³-hybridized carbons (Fsp3) is 0.273. The van der Waals surface area contributed by atoms with Crippen LogP contribution in [0, 0.1) is 0 Å². The fourth-order valence-corrected chi connectivity index (χ4v) is 3.69. The van der Waals surface area contributed by atoms with Gasteiger partial charge >= 0.3 is 5.97 Å². The van der Waals surface area contributed by atoms with Crippen LogP contribution in [0.3, 0.4) is 0 Å². The van der Waals surface area contributed by atoms with Gasteiger partial charge in [0.1, 0.15) is 5.75 Å². The molecule has 2 aromatic carbocycles. The lowest BCUT2D eigenvalue weighted by molar-refractivity contribution is 0.0602. The topological polar surface area (TPSA) is 94.9 Å². The van der Waals surface area contributed by atoms with Gasteiger partial charge in [-0.2, -0.15) is 0 Å². The monoisotopic (exact) mass is 444 g/mol. The Morgan fingerprint density at radius 1 is 1.10 bits per heavy atom. The third-order valence-electron chi connectivity index (χ3n) is 4.98. The number of sulfonamides is 1. The number of fused-ring (bicyclic) bond motifs is 1. The van der Waals surface area contributed by atoms with E-state index in [-0.39, 0.29) is 5.91 Å². The summed E-state index contributed by atoms with van der Waals surface area (Å²) in [4.78, 5) is 25.3. The first kappa shape index (κ1) is 22.4. The van der Waals surface area contributed by atoms with E-state index in [2.05, 4.69) is 0 Å². The highest BCUT2D eigenvalue weighted by atomic mass is 32.2. The largest absolute Gasteiger partial charge is 0.481 e. The molecule has 3 rings (SSSR count). The van der Waals surface area contributed by atoms with Crippen LogP contribution < -0.4 is 9.04 Å². The summed E-state index contributed by atoms with van der Waals surface area (Å²) in [5.41, 5.74) is 1.36. The first-order chi connectivity index (χ1) is 14.7.